The monoisotopic (exact) mass is 352 g/mol. The zero-order valence-electron chi connectivity index (χ0n) is 15.4. The van der Waals surface area contributed by atoms with Crippen LogP contribution in [-0.2, 0) is 4.79 Å². The molecule has 1 aliphatic heterocycles. The molecule has 0 saturated carbocycles. The number of rotatable bonds is 5. The van der Waals surface area contributed by atoms with Gasteiger partial charge in [0.1, 0.15) is 5.75 Å². The summed E-state index contributed by atoms with van der Waals surface area (Å²) in [5.74, 6) is 0.842. The number of hydrogen-bond donors (Lipinski definition) is 0. The summed E-state index contributed by atoms with van der Waals surface area (Å²) in [5.41, 5.74) is 2.42. The first kappa shape index (κ1) is 18.0. The topological polar surface area (TPSA) is 49.9 Å². The minimum atomic E-state index is -0.0783. The van der Waals surface area contributed by atoms with Gasteiger partial charge in [-0.25, -0.2) is 0 Å². The van der Waals surface area contributed by atoms with E-state index in [2.05, 4.69) is 0 Å². The van der Waals surface area contributed by atoms with E-state index in [1.165, 1.54) is 0 Å². The molecule has 2 aromatic rings. The van der Waals surface area contributed by atoms with Gasteiger partial charge in [0.05, 0.1) is 13.2 Å². The van der Waals surface area contributed by atoms with E-state index in [0.29, 0.717) is 18.5 Å². The maximum Gasteiger partial charge on any atom is 0.254 e. The van der Waals surface area contributed by atoms with Crippen LogP contribution in [0.5, 0.6) is 5.75 Å². The van der Waals surface area contributed by atoms with Crippen LogP contribution >= 0.6 is 0 Å². The summed E-state index contributed by atoms with van der Waals surface area (Å²) in [5, 5.41) is 0. The number of carbonyl (C=O) groups is 2. The van der Waals surface area contributed by atoms with Crippen LogP contribution in [0, 0.1) is 0 Å². The van der Waals surface area contributed by atoms with Crippen LogP contribution in [0.1, 0.15) is 41.7 Å². The highest BCUT2D eigenvalue weighted by atomic mass is 16.5. The molecule has 0 N–H and O–H groups in total. The molecule has 0 aliphatic carbocycles. The van der Waals surface area contributed by atoms with Gasteiger partial charge in [-0.15, -0.1) is 0 Å². The third-order valence-corrected chi connectivity index (χ3v) is 4.98. The fourth-order valence-corrected chi connectivity index (χ4v) is 3.21. The van der Waals surface area contributed by atoms with Crippen molar-refractivity contribution in [2.24, 2.45) is 0 Å². The van der Waals surface area contributed by atoms with Crippen molar-refractivity contribution in [2.75, 3.05) is 25.6 Å². The van der Waals surface area contributed by atoms with Gasteiger partial charge in [-0.05, 0) is 49.2 Å². The van der Waals surface area contributed by atoms with Gasteiger partial charge in [-0.3, -0.25) is 9.59 Å². The smallest absolute Gasteiger partial charge is 0.254 e. The van der Waals surface area contributed by atoms with Crippen molar-refractivity contribution in [1.82, 2.24) is 4.90 Å². The van der Waals surface area contributed by atoms with Crippen molar-refractivity contribution in [3.8, 4) is 5.75 Å². The SMILES string of the molecule is COc1ccc(C(C)N(C)C(=O)c2cccc(N3CCCC3=O)c2)cc1. The molecule has 1 saturated heterocycles. The summed E-state index contributed by atoms with van der Waals surface area (Å²) in [7, 11) is 3.43. The highest BCUT2D eigenvalue weighted by molar-refractivity contribution is 5.99. The Morgan fingerprint density at radius 1 is 1.19 bits per heavy atom. The quantitative estimate of drug-likeness (QED) is 0.825. The highest BCUT2D eigenvalue weighted by Crippen LogP contribution is 2.26. The predicted octanol–water partition coefficient (Wildman–Crippen LogP) is 3.66. The number of methoxy groups -OCH3 is 1. The Bertz CT molecular complexity index is 801. The van der Waals surface area contributed by atoms with Crippen molar-refractivity contribution in [2.45, 2.75) is 25.8 Å². The van der Waals surface area contributed by atoms with Crippen molar-refractivity contribution < 1.29 is 14.3 Å². The molecule has 136 valence electrons. The summed E-state index contributed by atoms with van der Waals surface area (Å²) >= 11 is 0. The van der Waals surface area contributed by atoms with E-state index in [1.807, 2.05) is 49.4 Å². The lowest BCUT2D eigenvalue weighted by atomic mass is 10.1. The molecule has 0 bridgehead atoms. The number of carbonyl (C=O) groups excluding carboxylic acids is 2. The van der Waals surface area contributed by atoms with Gasteiger partial charge in [0.2, 0.25) is 5.91 Å². The van der Waals surface area contributed by atoms with Crippen LogP contribution < -0.4 is 9.64 Å². The lowest BCUT2D eigenvalue weighted by molar-refractivity contribution is -0.117. The largest absolute Gasteiger partial charge is 0.497 e. The van der Waals surface area contributed by atoms with Crippen LogP contribution in [0.3, 0.4) is 0 Å². The van der Waals surface area contributed by atoms with Crippen LogP contribution in [0.2, 0.25) is 0 Å². The fourth-order valence-electron chi connectivity index (χ4n) is 3.21. The molecule has 2 amide bonds. The number of anilines is 1. The average Bonchev–Trinajstić information content (AvgIpc) is 3.12. The van der Waals surface area contributed by atoms with E-state index in [0.717, 1.165) is 23.4 Å². The zero-order valence-corrected chi connectivity index (χ0v) is 15.4. The molecule has 3 rings (SSSR count). The van der Waals surface area contributed by atoms with Gasteiger partial charge in [-0.2, -0.15) is 0 Å². The molecule has 0 aromatic heterocycles. The standard InChI is InChI=1S/C21H24N2O3/c1-15(16-9-11-19(26-3)12-10-16)22(2)21(25)17-6-4-7-18(14-17)23-13-5-8-20(23)24/h4,6-7,9-12,14-15H,5,8,13H2,1-3H3. The van der Waals surface area contributed by atoms with E-state index in [9.17, 15) is 9.59 Å². The average molecular weight is 352 g/mol. The van der Waals surface area contributed by atoms with E-state index in [-0.39, 0.29) is 17.9 Å². The predicted molar refractivity (Wildman–Crippen MR) is 102 cm³/mol. The first-order valence-electron chi connectivity index (χ1n) is 8.83. The number of benzene rings is 2. The Balaban J connectivity index is 1.78. The van der Waals surface area contributed by atoms with Crippen LogP contribution in [0.25, 0.3) is 0 Å². The van der Waals surface area contributed by atoms with E-state index >= 15 is 0 Å². The Morgan fingerprint density at radius 3 is 2.54 bits per heavy atom. The Kier molecular flexibility index (Phi) is 5.26. The molecule has 2 aromatic carbocycles. The maximum absolute atomic E-state index is 12.9. The second-order valence-corrected chi connectivity index (χ2v) is 6.56. The molecule has 0 radical (unpaired) electrons. The second kappa shape index (κ2) is 7.60. The Labute approximate surface area is 154 Å². The van der Waals surface area contributed by atoms with Crippen molar-refractivity contribution in [3.63, 3.8) is 0 Å². The number of ether oxygens (including phenoxy) is 1. The van der Waals surface area contributed by atoms with Crippen molar-refractivity contribution >= 4 is 17.5 Å². The number of amides is 2. The van der Waals surface area contributed by atoms with Crippen molar-refractivity contribution in [1.29, 1.82) is 0 Å². The van der Waals surface area contributed by atoms with Gasteiger partial charge < -0.3 is 14.5 Å². The molecule has 0 spiro atoms. The summed E-state index contributed by atoms with van der Waals surface area (Å²) in [6.45, 7) is 2.71. The summed E-state index contributed by atoms with van der Waals surface area (Å²) < 4.78 is 5.18. The second-order valence-electron chi connectivity index (χ2n) is 6.56. The van der Waals surface area contributed by atoms with Crippen LogP contribution in [0.15, 0.2) is 48.5 Å². The zero-order chi connectivity index (χ0) is 18.7. The number of hydrogen-bond acceptors (Lipinski definition) is 3. The molecule has 1 unspecified atom stereocenters. The minimum Gasteiger partial charge on any atom is -0.497 e. The normalized spacial score (nSPS) is 15.0. The fraction of sp³-hybridized carbons (Fsp3) is 0.333. The number of nitrogens with zero attached hydrogens (tertiary/aromatic N) is 2. The highest BCUT2D eigenvalue weighted by Gasteiger charge is 2.24. The lowest BCUT2D eigenvalue weighted by Gasteiger charge is -2.26. The molecule has 1 heterocycles. The van der Waals surface area contributed by atoms with E-state index in [1.54, 1.807) is 30.0 Å². The van der Waals surface area contributed by atoms with E-state index < -0.39 is 0 Å². The molecule has 5 heteroatoms. The van der Waals surface area contributed by atoms with Gasteiger partial charge >= 0.3 is 0 Å². The third kappa shape index (κ3) is 3.57. The van der Waals surface area contributed by atoms with Gasteiger partial charge in [0.15, 0.2) is 0 Å². The summed E-state index contributed by atoms with van der Waals surface area (Å²) in [4.78, 5) is 28.4. The molecule has 1 fully saturated rings. The Hall–Kier alpha value is -2.82. The molecular weight excluding hydrogens is 328 g/mol. The Morgan fingerprint density at radius 2 is 1.92 bits per heavy atom. The first-order valence-corrected chi connectivity index (χ1v) is 8.83. The molecule has 1 aliphatic rings. The minimum absolute atomic E-state index is 0.0678. The molecular formula is C21H24N2O3. The molecule has 5 nitrogen and oxygen atoms in total. The van der Waals surface area contributed by atoms with Crippen molar-refractivity contribution in [3.05, 3.63) is 59.7 Å². The maximum atomic E-state index is 12.9. The lowest BCUT2D eigenvalue weighted by Crippen LogP contribution is -2.30. The summed E-state index contributed by atoms with van der Waals surface area (Å²) in [6.07, 6.45) is 1.44. The van der Waals surface area contributed by atoms with Crippen LogP contribution in [-0.4, -0.2) is 37.4 Å². The third-order valence-electron chi connectivity index (χ3n) is 4.98. The molecule has 1 atom stereocenters. The first-order chi connectivity index (χ1) is 12.5. The van der Waals surface area contributed by atoms with Gasteiger partial charge in [0.25, 0.3) is 5.91 Å². The van der Waals surface area contributed by atoms with Gasteiger partial charge in [-0.1, -0.05) is 18.2 Å². The molecule has 26 heavy (non-hydrogen) atoms. The van der Waals surface area contributed by atoms with Gasteiger partial charge in [0, 0.05) is 31.3 Å². The summed E-state index contributed by atoms with van der Waals surface area (Å²) in [6, 6.07) is 15.0. The van der Waals surface area contributed by atoms with E-state index in [4.69, 9.17) is 4.74 Å². The van der Waals surface area contributed by atoms with Crippen LogP contribution in [0.4, 0.5) is 5.69 Å².